The van der Waals surface area contributed by atoms with Gasteiger partial charge in [-0.25, -0.2) is 0 Å². The van der Waals surface area contributed by atoms with Crippen molar-refractivity contribution in [2.75, 3.05) is 5.32 Å². The number of benzene rings is 2. The van der Waals surface area contributed by atoms with E-state index in [4.69, 9.17) is 34.8 Å². The van der Waals surface area contributed by atoms with E-state index in [1.54, 1.807) is 6.07 Å². The van der Waals surface area contributed by atoms with E-state index in [2.05, 4.69) is 5.32 Å². The highest BCUT2D eigenvalue weighted by molar-refractivity contribution is 6.41. The van der Waals surface area contributed by atoms with Crippen LogP contribution >= 0.6 is 34.8 Å². The smallest absolute Gasteiger partial charge is 0.368 e. The minimum atomic E-state index is -4.51. The molecule has 0 fully saturated rings. The Kier molecular flexibility index (Phi) is 4.91. The second-order valence-electron chi connectivity index (χ2n) is 4.27. The fourth-order valence-electron chi connectivity index (χ4n) is 1.82. The van der Waals surface area contributed by atoms with Gasteiger partial charge >= 0.3 is 6.18 Å². The number of hydrogen-bond donors (Lipinski definition) is 1. The second kappa shape index (κ2) is 6.34. The van der Waals surface area contributed by atoms with Gasteiger partial charge in [-0.3, -0.25) is 0 Å². The third-order valence-electron chi connectivity index (χ3n) is 2.76. The first-order valence-electron chi connectivity index (χ1n) is 5.82. The predicted molar refractivity (Wildman–Crippen MR) is 80.3 cm³/mol. The van der Waals surface area contributed by atoms with E-state index in [0.29, 0.717) is 0 Å². The molecule has 0 spiro atoms. The summed E-state index contributed by atoms with van der Waals surface area (Å²) >= 11 is 17.6. The average molecular weight is 355 g/mol. The lowest BCUT2D eigenvalue weighted by Crippen LogP contribution is -2.28. The van der Waals surface area contributed by atoms with Crippen LogP contribution in [0.4, 0.5) is 18.9 Å². The largest absolute Gasteiger partial charge is 0.412 e. The van der Waals surface area contributed by atoms with Crippen LogP contribution in [-0.4, -0.2) is 6.18 Å². The quantitative estimate of drug-likeness (QED) is 0.676. The first-order chi connectivity index (χ1) is 9.79. The highest BCUT2D eigenvalue weighted by atomic mass is 35.5. The summed E-state index contributed by atoms with van der Waals surface area (Å²) in [6, 6.07) is 8.19. The molecule has 0 aliphatic carbocycles. The molecule has 2 aromatic carbocycles. The maximum Gasteiger partial charge on any atom is 0.412 e. The van der Waals surface area contributed by atoms with E-state index in [1.807, 2.05) is 0 Å². The van der Waals surface area contributed by atoms with Crippen molar-refractivity contribution in [3.63, 3.8) is 0 Å². The van der Waals surface area contributed by atoms with Crippen molar-refractivity contribution < 1.29 is 13.2 Å². The SMILES string of the molecule is FC(F)(F)C(Nc1c(Cl)cc(Cl)cc1Cl)c1ccccc1. The van der Waals surface area contributed by atoms with Crippen LogP contribution in [0.3, 0.4) is 0 Å². The molecule has 0 heterocycles. The highest BCUT2D eigenvalue weighted by Crippen LogP contribution is 2.40. The Morgan fingerprint density at radius 1 is 0.905 bits per heavy atom. The molecule has 0 radical (unpaired) electrons. The lowest BCUT2D eigenvalue weighted by molar-refractivity contribution is -0.144. The zero-order valence-corrected chi connectivity index (χ0v) is 12.7. The Labute approximate surface area is 134 Å². The fraction of sp³-hybridized carbons (Fsp3) is 0.143. The zero-order valence-electron chi connectivity index (χ0n) is 10.4. The summed E-state index contributed by atoms with van der Waals surface area (Å²) in [6.45, 7) is 0. The Morgan fingerprint density at radius 3 is 1.90 bits per heavy atom. The van der Waals surface area contributed by atoms with Crippen LogP contribution in [0, 0.1) is 0 Å². The molecule has 0 bridgehead atoms. The van der Waals surface area contributed by atoms with Gasteiger partial charge in [-0.1, -0.05) is 65.1 Å². The average Bonchev–Trinajstić information content (AvgIpc) is 2.37. The summed E-state index contributed by atoms with van der Waals surface area (Å²) in [5, 5.41) is 2.65. The molecule has 1 N–H and O–H groups in total. The van der Waals surface area contributed by atoms with Gasteiger partial charge in [-0.2, -0.15) is 13.2 Å². The number of anilines is 1. The summed E-state index contributed by atoms with van der Waals surface area (Å²) in [5.74, 6) is 0. The third kappa shape index (κ3) is 3.96. The molecule has 0 aliphatic rings. The lowest BCUT2D eigenvalue weighted by Gasteiger charge is -2.24. The van der Waals surface area contributed by atoms with E-state index in [9.17, 15) is 13.2 Å². The van der Waals surface area contributed by atoms with Crippen molar-refractivity contribution in [3.05, 3.63) is 63.1 Å². The molecule has 7 heteroatoms. The van der Waals surface area contributed by atoms with Gasteiger partial charge in [0.1, 0.15) is 6.04 Å². The van der Waals surface area contributed by atoms with Crippen LogP contribution in [-0.2, 0) is 0 Å². The minimum absolute atomic E-state index is 0.00564. The van der Waals surface area contributed by atoms with E-state index in [-0.39, 0.29) is 26.3 Å². The van der Waals surface area contributed by atoms with Gasteiger partial charge in [0.25, 0.3) is 0 Å². The van der Waals surface area contributed by atoms with Gasteiger partial charge in [0.15, 0.2) is 0 Å². The molecule has 1 unspecified atom stereocenters. The Hall–Kier alpha value is -1.10. The van der Waals surface area contributed by atoms with Gasteiger partial charge in [0.05, 0.1) is 15.7 Å². The first kappa shape index (κ1) is 16.3. The van der Waals surface area contributed by atoms with E-state index >= 15 is 0 Å². The van der Waals surface area contributed by atoms with Crippen molar-refractivity contribution in [3.8, 4) is 0 Å². The maximum atomic E-state index is 13.3. The van der Waals surface area contributed by atoms with Gasteiger partial charge in [-0.05, 0) is 17.7 Å². The summed E-state index contributed by atoms with van der Waals surface area (Å²) in [7, 11) is 0. The molecule has 2 aromatic rings. The normalized spacial score (nSPS) is 13.0. The molecule has 0 saturated carbocycles. The topological polar surface area (TPSA) is 12.0 Å². The Bertz CT molecular complexity index is 606. The van der Waals surface area contributed by atoms with Gasteiger partial charge in [-0.15, -0.1) is 0 Å². The highest BCUT2D eigenvalue weighted by Gasteiger charge is 2.41. The number of nitrogens with one attached hydrogen (secondary N) is 1. The summed E-state index contributed by atoms with van der Waals surface area (Å²) in [5.41, 5.74) is 0.0565. The Balaban J connectivity index is 2.42. The maximum absolute atomic E-state index is 13.3. The van der Waals surface area contributed by atoms with Gasteiger partial charge < -0.3 is 5.32 Å². The third-order valence-corrected chi connectivity index (χ3v) is 3.57. The van der Waals surface area contributed by atoms with Crippen molar-refractivity contribution in [1.82, 2.24) is 0 Å². The van der Waals surface area contributed by atoms with E-state index in [1.165, 1.54) is 36.4 Å². The predicted octanol–water partition coefficient (Wildman–Crippen LogP) is 6.36. The molecule has 112 valence electrons. The van der Waals surface area contributed by atoms with Crippen molar-refractivity contribution >= 4 is 40.5 Å². The fourth-order valence-corrected chi connectivity index (χ4v) is 2.75. The number of alkyl halides is 3. The molecule has 2 rings (SSSR count). The zero-order chi connectivity index (χ0) is 15.6. The van der Waals surface area contributed by atoms with Crippen LogP contribution in [0.1, 0.15) is 11.6 Å². The first-order valence-corrected chi connectivity index (χ1v) is 6.95. The van der Waals surface area contributed by atoms with Gasteiger partial charge in [0, 0.05) is 5.02 Å². The molecule has 0 amide bonds. The molecule has 1 nitrogen and oxygen atoms in total. The second-order valence-corrected chi connectivity index (χ2v) is 5.52. The van der Waals surface area contributed by atoms with Crippen LogP contribution < -0.4 is 5.32 Å². The minimum Gasteiger partial charge on any atom is -0.368 e. The molecule has 21 heavy (non-hydrogen) atoms. The number of halogens is 6. The molecule has 0 aromatic heterocycles. The monoisotopic (exact) mass is 353 g/mol. The van der Waals surface area contributed by atoms with E-state index in [0.717, 1.165) is 0 Å². The number of rotatable bonds is 3. The molecule has 0 aliphatic heterocycles. The van der Waals surface area contributed by atoms with Crippen molar-refractivity contribution in [2.24, 2.45) is 0 Å². The van der Waals surface area contributed by atoms with Crippen LogP contribution in [0.15, 0.2) is 42.5 Å². The Morgan fingerprint density at radius 2 is 1.43 bits per heavy atom. The van der Waals surface area contributed by atoms with Gasteiger partial charge in [0.2, 0.25) is 0 Å². The molecule has 1 atom stereocenters. The summed E-state index contributed by atoms with van der Waals surface area (Å²) in [6.07, 6.45) is -4.51. The molecular weight excluding hydrogens is 346 g/mol. The van der Waals surface area contributed by atoms with E-state index < -0.39 is 12.2 Å². The van der Waals surface area contributed by atoms with Crippen LogP contribution in [0.25, 0.3) is 0 Å². The molecule has 0 saturated heterocycles. The van der Waals surface area contributed by atoms with Crippen LogP contribution in [0.5, 0.6) is 0 Å². The van der Waals surface area contributed by atoms with Crippen LogP contribution in [0.2, 0.25) is 15.1 Å². The lowest BCUT2D eigenvalue weighted by atomic mass is 10.1. The summed E-state index contributed by atoms with van der Waals surface area (Å²) in [4.78, 5) is 0. The van der Waals surface area contributed by atoms with Crippen molar-refractivity contribution in [2.45, 2.75) is 12.2 Å². The standard InChI is InChI=1S/C14H9Cl3F3N/c15-9-6-10(16)12(11(17)7-9)21-13(14(18,19)20)8-4-2-1-3-5-8/h1-7,13,21H. The summed E-state index contributed by atoms with van der Waals surface area (Å²) < 4.78 is 39.8. The van der Waals surface area contributed by atoms with Crippen molar-refractivity contribution in [1.29, 1.82) is 0 Å². The number of hydrogen-bond acceptors (Lipinski definition) is 1. The molecular formula is C14H9Cl3F3N.